The van der Waals surface area contributed by atoms with E-state index in [1.165, 1.54) is 6.07 Å². The molecule has 2 aromatic carbocycles. The van der Waals surface area contributed by atoms with Crippen molar-refractivity contribution in [3.63, 3.8) is 0 Å². The van der Waals surface area contributed by atoms with Gasteiger partial charge in [-0.3, -0.25) is 0 Å². The van der Waals surface area contributed by atoms with Crippen molar-refractivity contribution in [3.8, 4) is 16.9 Å². The zero-order valence-corrected chi connectivity index (χ0v) is 10.3. The van der Waals surface area contributed by atoms with Gasteiger partial charge in [0.2, 0.25) is 0 Å². The van der Waals surface area contributed by atoms with E-state index in [9.17, 15) is 9.90 Å². The highest BCUT2D eigenvalue weighted by Crippen LogP contribution is 2.36. The van der Waals surface area contributed by atoms with Crippen LogP contribution in [0.25, 0.3) is 11.1 Å². The maximum Gasteiger partial charge on any atom is 0.340 e. The molecule has 0 aliphatic heterocycles. The Morgan fingerprint density at radius 1 is 1.06 bits per heavy atom. The first-order valence-electron chi connectivity index (χ1n) is 4.91. The summed E-state index contributed by atoms with van der Waals surface area (Å²) in [5.41, 5.74) is 1.14. The van der Waals surface area contributed by atoms with Crippen LogP contribution < -0.4 is 0 Å². The average molecular weight is 293 g/mol. The quantitative estimate of drug-likeness (QED) is 0.890. The molecule has 0 saturated heterocycles. The van der Waals surface area contributed by atoms with E-state index < -0.39 is 5.97 Å². The van der Waals surface area contributed by atoms with Gasteiger partial charge < -0.3 is 10.2 Å². The molecule has 2 aromatic rings. The molecule has 2 N–H and O–H groups in total. The van der Waals surface area contributed by atoms with Crippen LogP contribution in [0.4, 0.5) is 0 Å². The van der Waals surface area contributed by atoms with Gasteiger partial charge in [0.1, 0.15) is 11.3 Å². The summed E-state index contributed by atoms with van der Waals surface area (Å²) in [6.07, 6.45) is 0. The summed E-state index contributed by atoms with van der Waals surface area (Å²) >= 11 is 3.31. The zero-order chi connectivity index (χ0) is 12.4. The van der Waals surface area contributed by atoms with Crippen molar-refractivity contribution >= 4 is 21.9 Å². The summed E-state index contributed by atoms with van der Waals surface area (Å²) in [7, 11) is 0. The Bertz CT molecular complexity index is 564. The van der Waals surface area contributed by atoms with Crippen molar-refractivity contribution in [3.05, 3.63) is 52.5 Å². The summed E-state index contributed by atoms with van der Waals surface area (Å²) in [5.74, 6) is -1.39. The van der Waals surface area contributed by atoms with Crippen molar-refractivity contribution in [2.45, 2.75) is 0 Å². The van der Waals surface area contributed by atoms with E-state index in [1.54, 1.807) is 18.2 Å². The van der Waals surface area contributed by atoms with Gasteiger partial charge in [0.25, 0.3) is 0 Å². The number of phenols is 1. The van der Waals surface area contributed by atoms with Gasteiger partial charge in [-0.15, -0.1) is 0 Å². The lowest BCUT2D eigenvalue weighted by molar-refractivity contribution is 0.0694. The number of hydrogen-bond donors (Lipinski definition) is 2. The lowest BCUT2D eigenvalue weighted by Crippen LogP contribution is -2.01. The van der Waals surface area contributed by atoms with Crippen LogP contribution in [-0.2, 0) is 0 Å². The van der Waals surface area contributed by atoms with Crippen LogP contribution in [0.5, 0.6) is 5.75 Å². The van der Waals surface area contributed by atoms with Gasteiger partial charge in [-0.25, -0.2) is 4.79 Å². The molecule has 0 fully saturated rings. The van der Waals surface area contributed by atoms with Gasteiger partial charge in [-0.1, -0.05) is 46.3 Å². The molecule has 2 rings (SSSR count). The van der Waals surface area contributed by atoms with E-state index in [-0.39, 0.29) is 11.3 Å². The van der Waals surface area contributed by atoms with Crippen molar-refractivity contribution in [2.24, 2.45) is 0 Å². The Labute approximate surface area is 106 Å². The summed E-state index contributed by atoms with van der Waals surface area (Å²) in [5, 5.41) is 18.8. The van der Waals surface area contributed by atoms with E-state index in [0.29, 0.717) is 10.0 Å². The molecular formula is C13H9BrO3. The SMILES string of the molecule is O=C(O)c1c(O)ccc(Br)c1-c1ccccc1. The summed E-state index contributed by atoms with van der Waals surface area (Å²) in [4.78, 5) is 11.2. The molecule has 0 unspecified atom stereocenters. The Balaban J connectivity index is 2.76. The summed E-state index contributed by atoms with van der Waals surface area (Å²) in [6, 6.07) is 12.1. The minimum absolute atomic E-state index is 0.0921. The first-order valence-corrected chi connectivity index (χ1v) is 5.70. The highest BCUT2D eigenvalue weighted by molar-refractivity contribution is 9.10. The van der Waals surface area contributed by atoms with Crippen LogP contribution in [-0.4, -0.2) is 16.2 Å². The number of aromatic hydroxyl groups is 1. The van der Waals surface area contributed by atoms with Crippen molar-refractivity contribution in [2.75, 3.05) is 0 Å². The zero-order valence-electron chi connectivity index (χ0n) is 8.72. The number of carboxylic acids is 1. The number of carboxylic acid groups (broad SMARTS) is 1. The third-order valence-corrected chi connectivity index (χ3v) is 3.07. The second-order valence-corrected chi connectivity index (χ2v) is 4.34. The van der Waals surface area contributed by atoms with E-state index >= 15 is 0 Å². The number of hydrogen-bond acceptors (Lipinski definition) is 2. The summed E-state index contributed by atoms with van der Waals surface area (Å²) < 4.78 is 0.638. The Kier molecular flexibility index (Phi) is 3.15. The van der Waals surface area contributed by atoms with Gasteiger partial charge in [-0.05, 0) is 17.7 Å². The number of aromatic carboxylic acids is 1. The second kappa shape index (κ2) is 4.59. The molecule has 0 aromatic heterocycles. The van der Waals surface area contributed by atoms with Crippen LogP contribution >= 0.6 is 15.9 Å². The predicted molar refractivity (Wildman–Crippen MR) is 68.2 cm³/mol. The van der Waals surface area contributed by atoms with Crippen molar-refractivity contribution in [1.82, 2.24) is 0 Å². The number of carbonyl (C=O) groups is 1. The number of benzene rings is 2. The average Bonchev–Trinajstić information content (AvgIpc) is 2.32. The lowest BCUT2D eigenvalue weighted by Gasteiger charge is -2.10. The highest BCUT2D eigenvalue weighted by Gasteiger charge is 2.19. The normalized spacial score (nSPS) is 10.2. The second-order valence-electron chi connectivity index (χ2n) is 3.49. The first-order chi connectivity index (χ1) is 8.11. The first kappa shape index (κ1) is 11.7. The van der Waals surface area contributed by atoms with E-state index in [4.69, 9.17) is 5.11 Å². The number of halogens is 1. The Morgan fingerprint density at radius 2 is 1.71 bits per heavy atom. The molecule has 86 valence electrons. The van der Waals surface area contributed by atoms with Crippen LogP contribution in [0.2, 0.25) is 0 Å². The fourth-order valence-electron chi connectivity index (χ4n) is 1.67. The molecule has 0 aliphatic carbocycles. The molecule has 0 radical (unpaired) electrons. The van der Waals surface area contributed by atoms with Crippen LogP contribution in [0, 0.1) is 0 Å². The number of rotatable bonds is 2. The maximum absolute atomic E-state index is 11.2. The van der Waals surface area contributed by atoms with E-state index in [2.05, 4.69) is 15.9 Å². The fourth-order valence-corrected chi connectivity index (χ4v) is 2.23. The maximum atomic E-state index is 11.2. The molecule has 0 aliphatic rings. The van der Waals surface area contributed by atoms with Gasteiger partial charge >= 0.3 is 5.97 Å². The molecule has 17 heavy (non-hydrogen) atoms. The molecule has 0 atom stereocenters. The highest BCUT2D eigenvalue weighted by atomic mass is 79.9. The third kappa shape index (κ3) is 2.17. The largest absolute Gasteiger partial charge is 0.507 e. The molecule has 0 spiro atoms. The molecule has 4 heteroatoms. The monoisotopic (exact) mass is 292 g/mol. The standard InChI is InChI=1S/C13H9BrO3/c14-9-6-7-10(15)12(13(16)17)11(9)8-4-2-1-3-5-8/h1-7,15H,(H,16,17). The molecular weight excluding hydrogens is 284 g/mol. The third-order valence-electron chi connectivity index (χ3n) is 2.41. The topological polar surface area (TPSA) is 57.5 Å². The van der Waals surface area contributed by atoms with Gasteiger partial charge in [0.05, 0.1) is 0 Å². The van der Waals surface area contributed by atoms with Crippen molar-refractivity contribution in [1.29, 1.82) is 0 Å². The molecule has 0 bridgehead atoms. The Morgan fingerprint density at radius 3 is 2.29 bits per heavy atom. The van der Waals surface area contributed by atoms with Gasteiger partial charge in [0.15, 0.2) is 0 Å². The molecule has 0 amide bonds. The molecule has 3 nitrogen and oxygen atoms in total. The predicted octanol–water partition coefficient (Wildman–Crippen LogP) is 3.52. The fraction of sp³-hybridized carbons (Fsp3) is 0. The minimum atomic E-state index is -1.15. The smallest absolute Gasteiger partial charge is 0.340 e. The van der Waals surface area contributed by atoms with Gasteiger partial charge in [0, 0.05) is 10.0 Å². The van der Waals surface area contributed by atoms with Crippen LogP contribution in [0.1, 0.15) is 10.4 Å². The van der Waals surface area contributed by atoms with Crippen LogP contribution in [0.3, 0.4) is 0 Å². The summed E-state index contributed by atoms with van der Waals surface area (Å²) in [6.45, 7) is 0. The van der Waals surface area contributed by atoms with Gasteiger partial charge in [-0.2, -0.15) is 0 Å². The Hall–Kier alpha value is -1.81. The lowest BCUT2D eigenvalue weighted by atomic mass is 9.99. The molecule has 0 saturated carbocycles. The van der Waals surface area contributed by atoms with E-state index in [1.807, 2.05) is 18.2 Å². The minimum Gasteiger partial charge on any atom is -0.507 e. The van der Waals surface area contributed by atoms with Crippen LogP contribution in [0.15, 0.2) is 46.9 Å². The van der Waals surface area contributed by atoms with Crippen molar-refractivity contribution < 1.29 is 15.0 Å². The molecule has 0 heterocycles. The van der Waals surface area contributed by atoms with E-state index in [0.717, 1.165) is 5.56 Å².